The van der Waals surface area contributed by atoms with E-state index in [-0.39, 0.29) is 18.2 Å². The zero-order chi connectivity index (χ0) is 21.0. The molecule has 1 aromatic carbocycles. The van der Waals surface area contributed by atoms with Gasteiger partial charge in [-0.3, -0.25) is 14.6 Å². The summed E-state index contributed by atoms with van der Waals surface area (Å²) in [5.74, 6) is -0.342. The van der Waals surface area contributed by atoms with Gasteiger partial charge in [0.05, 0.1) is 11.8 Å². The van der Waals surface area contributed by atoms with Crippen LogP contribution in [0.5, 0.6) is 0 Å². The van der Waals surface area contributed by atoms with Crippen molar-refractivity contribution in [3.63, 3.8) is 0 Å². The average molecular weight is 420 g/mol. The molecule has 0 aliphatic carbocycles. The number of carbonyl (C=O) groups is 2. The summed E-state index contributed by atoms with van der Waals surface area (Å²) in [7, 11) is 0. The summed E-state index contributed by atoms with van der Waals surface area (Å²) in [5, 5.41) is 2.05. The summed E-state index contributed by atoms with van der Waals surface area (Å²) in [5.41, 5.74) is 8.11. The minimum absolute atomic E-state index is 0.00800. The van der Waals surface area contributed by atoms with Crippen molar-refractivity contribution in [1.29, 1.82) is 0 Å². The zero-order valence-electron chi connectivity index (χ0n) is 16.8. The molecule has 3 aromatic rings. The molecule has 2 amide bonds. The highest BCUT2D eigenvalue weighted by molar-refractivity contribution is 7.13. The highest BCUT2D eigenvalue weighted by atomic mass is 32.1. The third kappa shape index (κ3) is 4.44. The van der Waals surface area contributed by atoms with Gasteiger partial charge in [-0.05, 0) is 54.0 Å². The molecule has 30 heavy (non-hydrogen) atoms. The lowest BCUT2D eigenvalue weighted by Gasteiger charge is -2.41. The van der Waals surface area contributed by atoms with Crippen LogP contribution in [-0.4, -0.2) is 34.8 Å². The number of pyridine rings is 1. The van der Waals surface area contributed by atoms with E-state index in [1.807, 2.05) is 36.4 Å². The molecule has 6 heteroatoms. The summed E-state index contributed by atoms with van der Waals surface area (Å²) < 4.78 is 0. The molecule has 0 bridgehead atoms. The third-order valence-electron chi connectivity index (χ3n) is 5.79. The molecule has 2 aromatic heterocycles. The van der Waals surface area contributed by atoms with E-state index in [1.165, 1.54) is 4.88 Å². The summed E-state index contributed by atoms with van der Waals surface area (Å²) in [4.78, 5) is 32.7. The number of carbonyl (C=O) groups excluding carboxylic acids is 2. The monoisotopic (exact) mass is 419 g/mol. The van der Waals surface area contributed by atoms with Gasteiger partial charge < -0.3 is 10.6 Å². The first-order chi connectivity index (χ1) is 14.6. The lowest BCUT2D eigenvalue weighted by molar-refractivity contribution is -0.139. The van der Waals surface area contributed by atoms with Crippen LogP contribution >= 0.6 is 11.3 Å². The second-order valence-electron chi connectivity index (χ2n) is 7.92. The van der Waals surface area contributed by atoms with Crippen LogP contribution in [0.2, 0.25) is 0 Å². The number of hydrogen-bond acceptors (Lipinski definition) is 4. The molecule has 3 heterocycles. The number of piperidine rings is 1. The van der Waals surface area contributed by atoms with E-state index in [1.54, 1.807) is 22.4 Å². The summed E-state index contributed by atoms with van der Waals surface area (Å²) >= 11 is 1.69. The van der Waals surface area contributed by atoms with Crippen molar-refractivity contribution in [2.24, 2.45) is 11.1 Å². The van der Waals surface area contributed by atoms with E-state index >= 15 is 0 Å². The first kappa shape index (κ1) is 20.3. The van der Waals surface area contributed by atoms with E-state index in [0.29, 0.717) is 25.9 Å². The van der Waals surface area contributed by atoms with Crippen LogP contribution in [0, 0.1) is 5.41 Å². The third-order valence-corrected chi connectivity index (χ3v) is 6.70. The van der Waals surface area contributed by atoms with Crippen molar-refractivity contribution in [3.8, 4) is 10.4 Å². The number of thiophene rings is 1. The number of rotatable bonds is 6. The van der Waals surface area contributed by atoms with Crippen molar-refractivity contribution in [1.82, 2.24) is 9.88 Å². The fourth-order valence-electron chi connectivity index (χ4n) is 4.21. The highest BCUT2D eigenvalue weighted by Gasteiger charge is 2.42. The Balaban J connectivity index is 1.53. The van der Waals surface area contributed by atoms with E-state index < -0.39 is 5.41 Å². The van der Waals surface area contributed by atoms with Crippen LogP contribution < -0.4 is 5.73 Å². The van der Waals surface area contributed by atoms with Crippen LogP contribution in [0.25, 0.3) is 10.4 Å². The smallest absolute Gasteiger partial charge is 0.228 e. The molecule has 1 saturated heterocycles. The number of hydrogen-bond donors (Lipinski definition) is 1. The van der Waals surface area contributed by atoms with Gasteiger partial charge in [-0.25, -0.2) is 0 Å². The van der Waals surface area contributed by atoms with Crippen molar-refractivity contribution < 1.29 is 9.59 Å². The Bertz CT molecular complexity index is 1020. The quantitative estimate of drug-likeness (QED) is 0.662. The minimum Gasteiger partial charge on any atom is -0.369 e. The number of likely N-dealkylation sites (tertiary alicyclic amines) is 1. The van der Waals surface area contributed by atoms with Gasteiger partial charge >= 0.3 is 0 Å². The fourth-order valence-corrected chi connectivity index (χ4v) is 4.94. The zero-order valence-corrected chi connectivity index (χ0v) is 17.6. The molecular formula is C24H25N3O2S. The summed E-state index contributed by atoms with van der Waals surface area (Å²) in [6, 6.07) is 17.9. The van der Waals surface area contributed by atoms with Gasteiger partial charge in [0.15, 0.2) is 0 Å². The second kappa shape index (κ2) is 8.79. The van der Waals surface area contributed by atoms with Gasteiger partial charge in [-0.2, -0.15) is 0 Å². The second-order valence-corrected chi connectivity index (χ2v) is 8.86. The van der Waals surface area contributed by atoms with Gasteiger partial charge in [0.2, 0.25) is 11.8 Å². The maximum absolute atomic E-state index is 12.9. The Kier molecular flexibility index (Phi) is 5.95. The molecule has 0 saturated carbocycles. The summed E-state index contributed by atoms with van der Waals surface area (Å²) in [6.07, 6.45) is 3.92. The molecule has 0 radical (unpaired) electrons. The summed E-state index contributed by atoms with van der Waals surface area (Å²) in [6.45, 7) is 1.01. The lowest BCUT2D eigenvalue weighted by atomic mass is 9.74. The number of nitrogens with two attached hydrogens (primary N) is 1. The van der Waals surface area contributed by atoms with E-state index in [0.717, 1.165) is 23.2 Å². The van der Waals surface area contributed by atoms with Crippen molar-refractivity contribution in [2.45, 2.75) is 25.7 Å². The maximum atomic E-state index is 12.9. The minimum atomic E-state index is -0.744. The molecule has 1 atom stereocenters. The Labute approximate surface area is 180 Å². The molecule has 5 nitrogen and oxygen atoms in total. The number of amides is 2. The largest absolute Gasteiger partial charge is 0.369 e. The molecule has 1 fully saturated rings. The molecule has 0 unspecified atom stereocenters. The maximum Gasteiger partial charge on any atom is 0.228 e. The number of nitrogens with zero attached hydrogens (tertiary/aromatic N) is 2. The van der Waals surface area contributed by atoms with Crippen LogP contribution in [0.3, 0.4) is 0 Å². The van der Waals surface area contributed by atoms with Gasteiger partial charge in [0.25, 0.3) is 0 Å². The van der Waals surface area contributed by atoms with Crippen molar-refractivity contribution in [3.05, 3.63) is 77.4 Å². The van der Waals surface area contributed by atoms with Gasteiger partial charge in [-0.1, -0.05) is 36.4 Å². The molecule has 2 N–H and O–H groups in total. The average Bonchev–Trinajstić information content (AvgIpc) is 3.30. The Morgan fingerprint density at radius 1 is 1.13 bits per heavy atom. The van der Waals surface area contributed by atoms with Crippen LogP contribution in [-0.2, 0) is 22.4 Å². The van der Waals surface area contributed by atoms with E-state index in [2.05, 4.69) is 28.6 Å². The molecule has 1 aliphatic rings. The van der Waals surface area contributed by atoms with E-state index in [9.17, 15) is 9.59 Å². The topological polar surface area (TPSA) is 76.3 Å². The lowest BCUT2D eigenvalue weighted by Crippen LogP contribution is -2.53. The highest BCUT2D eigenvalue weighted by Crippen LogP contribution is 2.35. The van der Waals surface area contributed by atoms with Gasteiger partial charge in [-0.15, -0.1) is 11.3 Å². The van der Waals surface area contributed by atoms with Crippen LogP contribution in [0.4, 0.5) is 0 Å². The molecule has 0 spiro atoms. The number of primary amides is 1. The van der Waals surface area contributed by atoms with Gasteiger partial charge in [0.1, 0.15) is 0 Å². The molecule has 154 valence electrons. The number of aromatic nitrogens is 1. The first-order valence-corrected chi connectivity index (χ1v) is 11.0. The Hall–Kier alpha value is -2.99. The van der Waals surface area contributed by atoms with Crippen molar-refractivity contribution >= 4 is 23.2 Å². The normalized spacial score (nSPS) is 18.9. The predicted molar refractivity (Wildman–Crippen MR) is 119 cm³/mol. The molecule has 1 aliphatic heterocycles. The van der Waals surface area contributed by atoms with Gasteiger partial charge in [0, 0.05) is 29.9 Å². The van der Waals surface area contributed by atoms with Crippen LogP contribution in [0.15, 0.2) is 66.2 Å². The van der Waals surface area contributed by atoms with E-state index in [4.69, 9.17) is 5.73 Å². The molecule has 4 rings (SSSR count). The number of benzene rings is 1. The predicted octanol–water partition coefficient (Wildman–Crippen LogP) is 3.69. The Morgan fingerprint density at radius 3 is 2.77 bits per heavy atom. The first-order valence-electron chi connectivity index (χ1n) is 10.2. The SMILES string of the molecule is NC(=O)[C@@]1(Cc2cccc(-c3cccs3)c2)CCCN(C(=O)Cc2ccccn2)C1. The fraction of sp³-hybridized carbons (Fsp3) is 0.292. The Morgan fingerprint density at radius 2 is 2.03 bits per heavy atom. The van der Waals surface area contributed by atoms with Crippen molar-refractivity contribution in [2.75, 3.05) is 13.1 Å². The van der Waals surface area contributed by atoms with Crippen LogP contribution in [0.1, 0.15) is 24.1 Å². The molecular weight excluding hydrogens is 394 g/mol. The standard InChI is InChI=1S/C24H25N3O2S/c25-23(29)24(16-18-6-3-7-19(14-18)21-9-4-13-30-21)10-5-12-27(17-24)22(28)15-20-8-1-2-11-26-20/h1-4,6-9,11,13-14H,5,10,12,15-17H2,(H2,25,29)/t24-/m1/s1.